The topological polar surface area (TPSA) is 56.5 Å². The summed E-state index contributed by atoms with van der Waals surface area (Å²) in [6.07, 6.45) is 0. The third kappa shape index (κ3) is 4.83. The zero-order valence-corrected chi connectivity index (χ0v) is 19.7. The van der Waals surface area contributed by atoms with E-state index in [1.807, 2.05) is 0 Å². The lowest BCUT2D eigenvalue weighted by molar-refractivity contribution is 0.0524. The van der Waals surface area contributed by atoms with Crippen molar-refractivity contribution >= 4 is 46.6 Å². The third-order valence-electron chi connectivity index (χ3n) is 4.93. The Morgan fingerprint density at radius 1 is 0.697 bits per heavy atom. The van der Waals surface area contributed by atoms with Crippen molar-refractivity contribution in [3.63, 3.8) is 0 Å². The highest BCUT2D eigenvalue weighted by molar-refractivity contribution is 6.31. The van der Waals surface area contributed by atoms with Crippen LogP contribution in [0, 0.1) is 0 Å². The lowest BCUT2D eigenvalue weighted by Gasteiger charge is -2.07. The van der Waals surface area contributed by atoms with Crippen LogP contribution in [0.3, 0.4) is 0 Å². The largest absolute Gasteiger partial charge is 0.462 e. The van der Waals surface area contributed by atoms with Gasteiger partial charge in [0.1, 0.15) is 17.1 Å². The molecule has 0 spiro atoms. The van der Waals surface area contributed by atoms with Crippen LogP contribution in [0.5, 0.6) is 0 Å². The fourth-order valence-electron chi connectivity index (χ4n) is 3.40. The summed E-state index contributed by atoms with van der Waals surface area (Å²) in [5.74, 6) is -0.612. The maximum absolute atomic E-state index is 13.7. The number of carbonyl (C=O) groups excluding carboxylic acids is 2. The van der Waals surface area contributed by atoms with E-state index < -0.39 is 11.8 Å². The molecule has 166 valence electrons. The molecule has 0 bridgehead atoms. The van der Waals surface area contributed by atoms with Crippen molar-refractivity contribution in [1.29, 1.82) is 0 Å². The predicted molar refractivity (Wildman–Crippen MR) is 130 cm³/mol. The van der Waals surface area contributed by atoms with Crippen LogP contribution in [0.15, 0.2) is 77.2 Å². The van der Waals surface area contributed by atoms with Crippen LogP contribution < -0.4 is 0 Å². The van der Waals surface area contributed by atoms with Gasteiger partial charge in [-0.05, 0) is 79.7 Å². The van der Waals surface area contributed by atoms with Crippen LogP contribution in [0.25, 0.3) is 22.6 Å². The van der Waals surface area contributed by atoms with Crippen molar-refractivity contribution in [2.75, 3.05) is 6.61 Å². The van der Waals surface area contributed by atoms with Crippen LogP contribution in [0.1, 0.15) is 33.2 Å². The van der Waals surface area contributed by atoms with Crippen LogP contribution in [0.4, 0.5) is 0 Å². The first-order valence-electron chi connectivity index (χ1n) is 10.0. The molecule has 4 aromatic rings. The Bertz CT molecular complexity index is 1310. The van der Waals surface area contributed by atoms with Crippen LogP contribution in [-0.2, 0) is 4.74 Å². The van der Waals surface area contributed by atoms with Crippen LogP contribution in [-0.4, -0.2) is 18.4 Å². The molecule has 0 N–H and O–H groups in total. The quantitative estimate of drug-likeness (QED) is 0.199. The molecule has 0 saturated heterocycles. The molecule has 0 amide bonds. The summed E-state index contributed by atoms with van der Waals surface area (Å²) in [5.41, 5.74) is 1.66. The van der Waals surface area contributed by atoms with Gasteiger partial charge in [0.15, 0.2) is 5.78 Å². The van der Waals surface area contributed by atoms with Crippen molar-refractivity contribution in [1.82, 2.24) is 0 Å². The summed E-state index contributed by atoms with van der Waals surface area (Å²) in [7, 11) is 0. The second-order valence-corrected chi connectivity index (χ2v) is 8.39. The van der Waals surface area contributed by atoms with Crippen molar-refractivity contribution in [3.05, 3.63) is 105 Å². The monoisotopic (exact) mass is 498 g/mol. The van der Waals surface area contributed by atoms with E-state index in [0.717, 1.165) is 0 Å². The van der Waals surface area contributed by atoms with E-state index in [4.69, 9.17) is 44.0 Å². The molecule has 0 fully saturated rings. The molecule has 0 unspecified atom stereocenters. The van der Waals surface area contributed by atoms with Crippen molar-refractivity contribution in [2.45, 2.75) is 6.92 Å². The molecular weight excluding hydrogens is 483 g/mol. The maximum atomic E-state index is 13.7. The fourth-order valence-corrected chi connectivity index (χ4v) is 3.78. The number of benzene rings is 3. The van der Waals surface area contributed by atoms with Gasteiger partial charge in [-0.2, -0.15) is 0 Å². The van der Waals surface area contributed by atoms with Crippen molar-refractivity contribution < 1.29 is 18.7 Å². The molecule has 1 aromatic heterocycles. The number of halogens is 3. The number of hydrogen-bond donors (Lipinski definition) is 0. The van der Waals surface area contributed by atoms with E-state index in [-0.39, 0.29) is 29.3 Å². The first kappa shape index (κ1) is 23.1. The lowest BCUT2D eigenvalue weighted by Crippen LogP contribution is -2.12. The van der Waals surface area contributed by atoms with Gasteiger partial charge in [0.05, 0.1) is 12.2 Å². The number of ether oxygens (including phenoxy) is 1. The van der Waals surface area contributed by atoms with E-state index in [0.29, 0.717) is 31.8 Å². The highest BCUT2D eigenvalue weighted by Gasteiger charge is 2.33. The number of rotatable bonds is 6. The lowest BCUT2D eigenvalue weighted by atomic mass is 9.95. The van der Waals surface area contributed by atoms with Gasteiger partial charge in [-0.25, -0.2) is 4.79 Å². The van der Waals surface area contributed by atoms with Gasteiger partial charge in [-0.1, -0.05) is 34.8 Å². The number of ketones is 1. The van der Waals surface area contributed by atoms with E-state index in [2.05, 4.69) is 0 Å². The zero-order valence-electron chi connectivity index (χ0n) is 17.4. The Kier molecular flexibility index (Phi) is 6.89. The minimum absolute atomic E-state index is 0.0454. The fraction of sp³-hybridized carbons (Fsp3) is 0.0769. The Balaban J connectivity index is 2.02. The van der Waals surface area contributed by atoms with E-state index >= 15 is 0 Å². The van der Waals surface area contributed by atoms with Gasteiger partial charge in [-0.15, -0.1) is 0 Å². The predicted octanol–water partition coefficient (Wildman–Crippen LogP) is 7.98. The molecule has 0 radical (unpaired) electrons. The Hall–Kier alpha value is -3.05. The molecule has 0 saturated carbocycles. The minimum Gasteiger partial charge on any atom is -0.462 e. The zero-order chi connectivity index (χ0) is 23.5. The van der Waals surface area contributed by atoms with Gasteiger partial charge in [0, 0.05) is 31.8 Å². The van der Waals surface area contributed by atoms with E-state index in [9.17, 15) is 9.59 Å². The number of carbonyl (C=O) groups is 2. The molecule has 0 aliphatic carbocycles. The molecule has 0 aliphatic heterocycles. The molecule has 0 atom stereocenters. The Labute approximate surface area is 205 Å². The molecule has 7 heteroatoms. The molecular formula is C26H17Cl3O4. The minimum atomic E-state index is -0.663. The highest BCUT2D eigenvalue weighted by atomic mass is 35.5. The van der Waals surface area contributed by atoms with Gasteiger partial charge in [0.25, 0.3) is 0 Å². The van der Waals surface area contributed by atoms with Crippen LogP contribution in [0.2, 0.25) is 15.1 Å². The summed E-state index contributed by atoms with van der Waals surface area (Å²) in [5, 5.41) is 1.54. The van der Waals surface area contributed by atoms with Gasteiger partial charge in [-0.3, -0.25) is 4.79 Å². The van der Waals surface area contributed by atoms with Crippen LogP contribution >= 0.6 is 34.8 Å². The summed E-state index contributed by atoms with van der Waals surface area (Å²) >= 11 is 18.1. The highest BCUT2D eigenvalue weighted by Crippen LogP contribution is 2.39. The smallest absolute Gasteiger partial charge is 0.342 e. The second kappa shape index (κ2) is 9.84. The molecule has 4 rings (SSSR count). The first-order chi connectivity index (χ1) is 15.9. The molecule has 33 heavy (non-hydrogen) atoms. The summed E-state index contributed by atoms with van der Waals surface area (Å²) < 4.78 is 11.5. The number of hydrogen-bond acceptors (Lipinski definition) is 4. The summed E-state index contributed by atoms with van der Waals surface area (Å²) in [4.78, 5) is 26.8. The number of esters is 1. The molecule has 1 heterocycles. The maximum Gasteiger partial charge on any atom is 0.342 e. The van der Waals surface area contributed by atoms with Crippen molar-refractivity contribution in [2.24, 2.45) is 0 Å². The molecule has 4 nitrogen and oxygen atoms in total. The number of furan rings is 1. The first-order valence-corrected chi connectivity index (χ1v) is 11.2. The molecule has 0 aliphatic rings. The average Bonchev–Trinajstić information content (AvgIpc) is 3.21. The van der Waals surface area contributed by atoms with Gasteiger partial charge < -0.3 is 9.15 Å². The average molecular weight is 500 g/mol. The third-order valence-corrected chi connectivity index (χ3v) is 5.69. The second-order valence-electron chi connectivity index (χ2n) is 7.08. The summed E-state index contributed by atoms with van der Waals surface area (Å²) in [6, 6.07) is 20.0. The Morgan fingerprint density at radius 3 is 1.58 bits per heavy atom. The van der Waals surface area contributed by atoms with Gasteiger partial charge >= 0.3 is 5.97 Å². The SMILES string of the molecule is CCOC(=O)c1c(-c2ccc(Cl)cc2)oc(-c2ccc(Cl)cc2)c1C(=O)c1ccc(Cl)cc1. The van der Waals surface area contributed by atoms with E-state index in [1.54, 1.807) is 79.7 Å². The standard InChI is InChI=1S/C26H17Cl3O4/c1-2-32-26(31)22-21(23(30)15-3-9-18(27)10-4-15)24(16-5-11-19(28)12-6-16)33-25(22)17-7-13-20(29)14-8-17/h3-14H,2H2,1H3. The molecule has 3 aromatic carbocycles. The van der Waals surface area contributed by atoms with E-state index in [1.165, 1.54) is 0 Å². The summed E-state index contributed by atoms with van der Waals surface area (Å²) in [6.45, 7) is 1.83. The van der Waals surface area contributed by atoms with Gasteiger partial charge in [0.2, 0.25) is 0 Å². The Morgan fingerprint density at radius 2 is 1.12 bits per heavy atom. The normalized spacial score (nSPS) is 10.8. The van der Waals surface area contributed by atoms with Crippen molar-refractivity contribution in [3.8, 4) is 22.6 Å².